The number of aromatic nitrogens is 3. The van der Waals surface area contributed by atoms with Gasteiger partial charge in [0.25, 0.3) is 0 Å². The van der Waals surface area contributed by atoms with Crippen LogP contribution in [0.5, 0.6) is 0 Å². The second-order valence-corrected chi connectivity index (χ2v) is 1.61. The summed E-state index contributed by atoms with van der Waals surface area (Å²) >= 11 is 0. The molecule has 1 aromatic heterocycles. The van der Waals surface area contributed by atoms with E-state index in [9.17, 15) is 0 Å². The van der Waals surface area contributed by atoms with Gasteiger partial charge in [-0.1, -0.05) is 0 Å². The molecular formula is C5H6N3. The van der Waals surface area contributed by atoms with Gasteiger partial charge in [0.2, 0.25) is 0 Å². The van der Waals surface area contributed by atoms with Crippen molar-refractivity contribution in [1.29, 1.82) is 0 Å². The average Bonchev–Trinajstić information content (AvgIpc) is 1.77. The van der Waals surface area contributed by atoms with Crippen LogP contribution in [0.15, 0.2) is 0 Å². The molecule has 3 heteroatoms. The van der Waals surface area contributed by atoms with Crippen molar-refractivity contribution in [3.8, 4) is 0 Å². The highest BCUT2D eigenvalue weighted by Gasteiger charge is 1.89. The first kappa shape index (κ1) is 5.15. The standard InChI is InChI=1S/C5H6N3/c1-4-3-6-8-7-5(4)2/h1-2H3. The van der Waals surface area contributed by atoms with Crippen LogP contribution >= 0.6 is 0 Å². The molecule has 0 unspecified atom stereocenters. The smallest absolute Gasteiger partial charge is 0.120 e. The van der Waals surface area contributed by atoms with E-state index in [-0.39, 0.29) is 0 Å². The third-order valence-corrected chi connectivity index (χ3v) is 1.000. The minimum Gasteiger partial charge on any atom is -0.135 e. The van der Waals surface area contributed by atoms with Gasteiger partial charge in [0, 0.05) is 5.56 Å². The lowest BCUT2D eigenvalue weighted by Crippen LogP contribution is -1.92. The summed E-state index contributed by atoms with van der Waals surface area (Å²) in [6.07, 6.45) is 2.68. The van der Waals surface area contributed by atoms with E-state index in [1.165, 1.54) is 0 Å². The summed E-state index contributed by atoms with van der Waals surface area (Å²) in [6.45, 7) is 3.78. The summed E-state index contributed by atoms with van der Waals surface area (Å²) in [7, 11) is 0. The van der Waals surface area contributed by atoms with E-state index >= 15 is 0 Å². The first-order chi connectivity index (χ1) is 3.80. The van der Waals surface area contributed by atoms with E-state index < -0.39 is 0 Å². The van der Waals surface area contributed by atoms with Gasteiger partial charge >= 0.3 is 0 Å². The van der Waals surface area contributed by atoms with Gasteiger partial charge in [-0.3, -0.25) is 0 Å². The summed E-state index contributed by atoms with van der Waals surface area (Å²) in [5, 5.41) is 10.5. The molecule has 8 heavy (non-hydrogen) atoms. The van der Waals surface area contributed by atoms with Crippen LogP contribution in [0.3, 0.4) is 0 Å². The van der Waals surface area contributed by atoms with Gasteiger partial charge in [0.05, 0.1) is 5.69 Å². The second-order valence-electron chi connectivity index (χ2n) is 1.61. The molecule has 41 valence electrons. The van der Waals surface area contributed by atoms with E-state index in [0.29, 0.717) is 0 Å². The largest absolute Gasteiger partial charge is 0.135 e. The fraction of sp³-hybridized carbons (Fsp3) is 0.400. The van der Waals surface area contributed by atoms with E-state index in [1.54, 1.807) is 0 Å². The Morgan fingerprint density at radius 1 is 1.38 bits per heavy atom. The molecule has 0 N–H and O–H groups in total. The molecular weight excluding hydrogens is 102 g/mol. The van der Waals surface area contributed by atoms with Gasteiger partial charge in [-0.05, 0) is 19.1 Å². The maximum absolute atomic E-state index is 3.69. The Morgan fingerprint density at radius 3 is 2.50 bits per heavy atom. The molecule has 1 rings (SSSR count). The van der Waals surface area contributed by atoms with Crippen molar-refractivity contribution in [1.82, 2.24) is 15.4 Å². The van der Waals surface area contributed by atoms with Crippen LogP contribution < -0.4 is 0 Å². The maximum atomic E-state index is 3.69. The number of hydrogen-bond donors (Lipinski definition) is 0. The fourth-order valence-corrected chi connectivity index (χ4v) is 0.343. The van der Waals surface area contributed by atoms with Gasteiger partial charge in [-0.2, -0.15) is 0 Å². The van der Waals surface area contributed by atoms with Crippen LogP contribution in [0.25, 0.3) is 0 Å². The predicted octanol–water partition coefficient (Wildman–Crippen LogP) is 0.289. The summed E-state index contributed by atoms with van der Waals surface area (Å²) in [4.78, 5) is 0. The molecule has 0 spiro atoms. The number of nitrogens with zero attached hydrogens (tertiary/aromatic N) is 3. The first-order valence-corrected chi connectivity index (χ1v) is 2.35. The first-order valence-electron chi connectivity index (χ1n) is 2.35. The average molecular weight is 108 g/mol. The van der Waals surface area contributed by atoms with Gasteiger partial charge < -0.3 is 0 Å². The van der Waals surface area contributed by atoms with Gasteiger partial charge in [0.1, 0.15) is 6.20 Å². The zero-order chi connectivity index (χ0) is 5.98. The zero-order valence-electron chi connectivity index (χ0n) is 4.84. The summed E-state index contributed by atoms with van der Waals surface area (Å²) < 4.78 is 0. The van der Waals surface area contributed by atoms with Gasteiger partial charge in [-0.25, -0.2) is 0 Å². The van der Waals surface area contributed by atoms with E-state index in [2.05, 4.69) is 21.6 Å². The molecule has 0 bridgehead atoms. The third-order valence-electron chi connectivity index (χ3n) is 1.000. The molecule has 0 saturated heterocycles. The maximum Gasteiger partial charge on any atom is 0.120 e. The molecule has 0 atom stereocenters. The quantitative estimate of drug-likeness (QED) is 0.479. The second kappa shape index (κ2) is 1.86. The van der Waals surface area contributed by atoms with Crippen LogP contribution in [0.2, 0.25) is 0 Å². The minimum absolute atomic E-state index is 0.889. The fourth-order valence-electron chi connectivity index (χ4n) is 0.343. The molecule has 0 amide bonds. The van der Waals surface area contributed by atoms with Gasteiger partial charge in [0.15, 0.2) is 0 Å². The topological polar surface area (TPSA) is 38.7 Å². The number of hydrogen-bond acceptors (Lipinski definition) is 3. The van der Waals surface area contributed by atoms with Crippen molar-refractivity contribution < 1.29 is 0 Å². The van der Waals surface area contributed by atoms with Crippen molar-refractivity contribution >= 4 is 0 Å². The SMILES string of the molecule is Cc1[c]nnnc1C. The monoisotopic (exact) mass is 108 g/mol. The highest BCUT2D eigenvalue weighted by atomic mass is 15.3. The Hall–Kier alpha value is -0.990. The van der Waals surface area contributed by atoms with Crippen LogP contribution in [0, 0.1) is 20.0 Å². The zero-order valence-corrected chi connectivity index (χ0v) is 4.84. The summed E-state index contributed by atoms with van der Waals surface area (Å²) in [5.41, 5.74) is 1.85. The molecule has 0 aromatic carbocycles. The Labute approximate surface area is 47.8 Å². The molecule has 0 aliphatic rings. The Kier molecular flexibility index (Phi) is 1.20. The Balaban J connectivity index is 3.13. The van der Waals surface area contributed by atoms with Crippen molar-refractivity contribution in [2.24, 2.45) is 0 Å². The molecule has 0 aliphatic carbocycles. The third kappa shape index (κ3) is 0.804. The molecule has 0 aliphatic heterocycles. The van der Waals surface area contributed by atoms with Gasteiger partial charge in [-0.15, -0.1) is 10.2 Å². The summed E-state index contributed by atoms with van der Waals surface area (Å²) in [6, 6.07) is 0. The normalized spacial score (nSPS) is 9.25. The lowest BCUT2D eigenvalue weighted by molar-refractivity contribution is 0.821. The van der Waals surface area contributed by atoms with Crippen LogP contribution in [0.1, 0.15) is 11.3 Å². The molecule has 1 radical (unpaired) electrons. The summed E-state index contributed by atoms with van der Waals surface area (Å²) in [5.74, 6) is 0. The molecule has 0 fully saturated rings. The minimum atomic E-state index is 0.889. The van der Waals surface area contributed by atoms with Crippen molar-refractivity contribution in [3.05, 3.63) is 17.5 Å². The highest BCUT2D eigenvalue weighted by Crippen LogP contribution is 1.93. The van der Waals surface area contributed by atoms with Crippen molar-refractivity contribution in [3.63, 3.8) is 0 Å². The van der Waals surface area contributed by atoms with Crippen LogP contribution in [-0.4, -0.2) is 15.4 Å². The van der Waals surface area contributed by atoms with Crippen molar-refractivity contribution in [2.75, 3.05) is 0 Å². The van der Waals surface area contributed by atoms with E-state index in [0.717, 1.165) is 11.3 Å². The molecule has 1 heterocycles. The molecule has 3 nitrogen and oxygen atoms in total. The van der Waals surface area contributed by atoms with Crippen LogP contribution in [-0.2, 0) is 0 Å². The number of aryl methyl sites for hydroxylation is 2. The van der Waals surface area contributed by atoms with Crippen LogP contribution in [0.4, 0.5) is 0 Å². The Bertz CT molecular complexity index is 164. The van der Waals surface area contributed by atoms with E-state index in [1.807, 2.05) is 13.8 Å². The Morgan fingerprint density at radius 2 is 2.12 bits per heavy atom. The lowest BCUT2D eigenvalue weighted by Gasteiger charge is -1.88. The predicted molar refractivity (Wildman–Crippen MR) is 28.1 cm³/mol. The lowest BCUT2D eigenvalue weighted by atomic mass is 10.3. The molecule has 1 aromatic rings. The number of rotatable bonds is 0. The van der Waals surface area contributed by atoms with Crippen molar-refractivity contribution in [2.45, 2.75) is 13.8 Å². The highest BCUT2D eigenvalue weighted by molar-refractivity contribution is 5.07. The van der Waals surface area contributed by atoms with E-state index in [4.69, 9.17) is 0 Å². The molecule has 0 saturated carbocycles.